The standard InChI is InChI=1S/C19H22N2O3/c1-4-13-9-12(3)10-14(5-2)15(13)11-17(22)21-16-7-6-8-20-18(16)19(23)24/h6-10H,4-5,11H2,1-3H3,(H,21,22)(H,23,24). The molecule has 0 aliphatic rings. The lowest BCUT2D eigenvalue weighted by molar-refractivity contribution is -0.115. The highest BCUT2D eigenvalue weighted by Crippen LogP contribution is 2.21. The molecule has 0 spiro atoms. The van der Waals surface area contributed by atoms with Crippen molar-refractivity contribution in [2.75, 3.05) is 5.32 Å². The van der Waals surface area contributed by atoms with Gasteiger partial charge in [0, 0.05) is 6.20 Å². The maximum atomic E-state index is 12.4. The number of anilines is 1. The molecule has 0 radical (unpaired) electrons. The second-order valence-electron chi connectivity index (χ2n) is 5.70. The summed E-state index contributed by atoms with van der Waals surface area (Å²) < 4.78 is 0. The minimum Gasteiger partial charge on any atom is -0.476 e. The molecule has 0 atom stereocenters. The summed E-state index contributed by atoms with van der Waals surface area (Å²) in [4.78, 5) is 27.4. The molecule has 1 heterocycles. The zero-order chi connectivity index (χ0) is 17.7. The molecule has 0 saturated heterocycles. The Bertz CT molecular complexity index is 744. The SMILES string of the molecule is CCc1cc(C)cc(CC)c1CC(=O)Nc1cccnc1C(=O)O. The van der Waals surface area contributed by atoms with Crippen LogP contribution in [0.5, 0.6) is 0 Å². The second kappa shape index (κ2) is 7.73. The summed E-state index contributed by atoms with van der Waals surface area (Å²) in [5.41, 5.74) is 4.61. The lowest BCUT2D eigenvalue weighted by Gasteiger charge is -2.15. The number of carbonyl (C=O) groups excluding carboxylic acids is 1. The minimum absolute atomic E-state index is 0.152. The van der Waals surface area contributed by atoms with Crippen LogP contribution in [0.1, 0.15) is 46.6 Å². The van der Waals surface area contributed by atoms with Crippen molar-refractivity contribution in [3.8, 4) is 0 Å². The highest BCUT2D eigenvalue weighted by Gasteiger charge is 2.16. The van der Waals surface area contributed by atoms with E-state index in [4.69, 9.17) is 5.11 Å². The van der Waals surface area contributed by atoms with Crippen LogP contribution in [0.2, 0.25) is 0 Å². The minimum atomic E-state index is -1.16. The molecule has 5 nitrogen and oxygen atoms in total. The first-order valence-electron chi connectivity index (χ1n) is 8.05. The normalized spacial score (nSPS) is 10.5. The lowest BCUT2D eigenvalue weighted by Crippen LogP contribution is -2.19. The van der Waals surface area contributed by atoms with Crippen molar-refractivity contribution < 1.29 is 14.7 Å². The molecule has 0 fully saturated rings. The van der Waals surface area contributed by atoms with E-state index in [1.165, 1.54) is 11.8 Å². The smallest absolute Gasteiger partial charge is 0.356 e. The van der Waals surface area contributed by atoms with E-state index in [9.17, 15) is 9.59 Å². The van der Waals surface area contributed by atoms with Gasteiger partial charge in [0.15, 0.2) is 5.69 Å². The number of pyridine rings is 1. The molecule has 1 aromatic carbocycles. The van der Waals surface area contributed by atoms with Crippen molar-refractivity contribution in [1.82, 2.24) is 4.98 Å². The van der Waals surface area contributed by atoms with Crippen LogP contribution >= 0.6 is 0 Å². The van der Waals surface area contributed by atoms with Gasteiger partial charge in [-0.3, -0.25) is 4.79 Å². The fourth-order valence-corrected chi connectivity index (χ4v) is 2.86. The Kier molecular flexibility index (Phi) is 5.68. The molecule has 0 aliphatic carbocycles. The number of rotatable bonds is 6. The summed E-state index contributed by atoms with van der Waals surface area (Å²) in [5, 5.41) is 11.8. The molecule has 1 aromatic heterocycles. The fourth-order valence-electron chi connectivity index (χ4n) is 2.86. The highest BCUT2D eigenvalue weighted by molar-refractivity contribution is 5.99. The van der Waals surface area contributed by atoms with Crippen LogP contribution in [0.4, 0.5) is 5.69 Å². The Morgan fingerprint density at radius 3 is 2.33 bits per heavy atom. The van der Waals surface area contributed by atoms with Crippen molar-refractivity contribution in [2.45, 2.75) is 40.0 Å². The summed E-state index contributed by atoms with van der Waals surface area (Å²) in [7, 11) is 0. The van der Waals surface area contributed by atoms with Crippen molar-refractivity contribution in [3.05, 3.63) is 58.4 Å². The molecule has 1 amide bonds. The van der Waals surface area contributed by atoms with Crippen LogP contribution in [0.25, 0.3) is 0 Å². The van der Waals surface area contributed by atoms with Crippen molar-refractivity contribution in [3.63, 3.8) is 0 Å². The third kappa shape index (κ3) is 3.98. The number of amides is 1. The van der Waals surface area contributed by atoms with Gasteiger partial charge in [-0.1, -0.05) is 31.5 Å². The topological polar surface area (TPSA) is 79.3 Å². The summed E-state index contributed by atoms with van der Waals surface area (Å²) in [6, 6.07) is 7.36. The number of aryl methyl sites for hydroxylation is 3. The third-order valence-electron chi connectivity index (χ3n) is 3.96. The van der Waals surface area contributed by atoms with Gasteiger partial charge in [-0.25, -0.2) is 9.78 Å². The van der Waals surface area contributed by atoms with Gasteiger partial charge in [0.25, 0.3) is 0 Å². The first kappa shape index (κ1) is 17.7. The number of aromatic carboxylic acids is 1. The molecule has 0 aliphatic heterocycles. The molecule has 2 N–H and O–H groups in total. The Hall–Kier alpha value is -2.69. The van der Waals surface area contributed by atoms with E-state index in [1.54, 1.807) is 12.1 Å². The molecule has 5 heteroatoms. The van der Waals surface area contributed by atoms with E-state index in [1.807, 2.05) is 0 Å². The average Bonchev–Trinajstić information content (AvgIpc) is 2.56. The quantitative estimate of drug-likeness (QED) is 0.853. The Morgan fingerprint density at radius 2 is 1.79 bits per heavy atom. The van der Waals surface area contributed by atoms with Gasteiger partial charge in [-0.2, -0.15) is 0 Å². The largest absolute Gasteiger partial charge is 0.476 e. The molecule has 0 bridgehead atoms. The molecule has 126 valence electrons. The number of nitrogens with one attached hydrogen (secondary N) is 1. The Labute approximate surface area is 141 Å². The van der Waals surface area contributed by atoms with Crippen LogP contribution in [0.3, 0.4) is 0 Å². The van der Waals surface area contributed by atoms with Gasteiger partial charge in [0.05, 0.1) is 12.1 Å². The predicted octanol–water partition coefficient (Wildman–Crippen LogP) is 3.39. The van der Waals surface area contributed by atoms with Crippen molar-refractivity contribution in [2.24, 2.45) is 0 Å². The van der Waals surface area contributed by atoms with Crippen LogP contribution in [-0.4, -0.2) is 22.0 Å². The van der Waals surface area contributed by atoms with Gasteiger partial charge in [0.2, 0.25) is 5.91 Å². The highest BCUT2D eigenvalue weighted by atomic mass is 16.4. The van der Waals surface area contributed by atoms with Gasteiger partial charge in [-0.05, 0) is 48.6 Å². The van der Waals surface area contributed by atoms with E-state index in [0.717, 1.165) is 29.5 Å². The molecular weight excluding hydrogens is 304 g/mol. The second-order valence-corrected chi connectivity index (χ2v) is 5.70. The number of carbonyl (C=O) groups is 2. The molecule has 24 heavy (non-hydrogen) atoms. The van der Waals surface area contributed by atoms with Crippen molar-refractivity contribution in [1.29, 1.82) is 0 Å². The van der Waals surface area contributed by atoms with Crippen LogP contribution < -0.4 is 5.32 Å². The molecular formula is C19H22N2O3. The third-order valence-corrected chi connectivity index (χ3v) is 3.96. The number of benzene rings is 1. The number of carboxylic acid groups (broad SMARTS) is 1. The zero-order valence-corrected chi connectivity index (χ0v) is 14.2. The van der Waals surface area contributed by atoms with E-state index in [-0.39, 0.29) is 23.7 Å². The van der Waals surface area contributed by atoms with Crippen LogP contribution in [-0.2, 0) is 24.1 Å². The van der Waals surface area contributed by atoms with Gasteiger partial charge in [0.1, 0.15) is 0 Å². The predicted molar refractivity (Wildman–Crippen MR) is 93.5 cm³/mol. The van der Waals surface area contributed by atoms with E-state index >= 15 is 0 Å². The first-order chi connectivity index (χ1) is 11.5. The number of carboxylic acids is 1. The van der Waals surface area contributed by atoms with Gasteiger partial charge < -0.3 is 10.4 Å². The summed E-state index contributed by atoms with van der Waals surface area (Å²) >= 11 is 0. The Morgan fingerprint density at radius 1 is 1.17 bits per heavy atom. The van der Waals surface area contributed by atoms with Crippen LogP contribution in [0, 0.1) is 6.92 Å². The number of aromatic nitrogens is 1. The maximum Gasteiger partial charge on any atom is 0.356 e. The molecule has 0 saturated carbocycles. The molecule has 2 aromatic rings. The van der Waals surface area contributed by atoms with Gasteiger partial charge >= 0.3 is 5.97 Å². The average molecular weight is 326 g/mol. The van der Waals surface area contributed by atoms with E-state index in [0.29, 0.717) is 0 Å². The summed E-state index contributed by atoms with van der Waals surface area (Å²) in [5.74, 6) is -1.40. The van der Waals surface area contributed by atoms with Gasteiger partial charge in [-0.15, -0.1) is 0 Å². The Balaban J connectivity index is 2.27. The van der Waals surface area contributed by atoms with E-state index < -0.39 is 5.97 Å². The molecule has 2 rings (SSSR count). The van der Waals surface area contributed by atoms with E-state index in [2.05, 4.69) is 43.2 Å². The van der Waals surface area contributed by atoms with Crippen molar-refractivity contribution >= 4 is 17.6 Å². The number of nitrogens with zero attached hydrogens (tertiary/aromatic N) is 1. The fraction of sp³-hybridized carbons (Fsp3) is 0.316. The lowest BCUT2D eigenvalue weighted by atomic mass is 9.92. The van der Waals surface area contributed by atoms with Crippen LogP contribution in [0.15, 0.2) is 30.5 Å². The zero-order valence-electron chi connectivity index (χ0n) is 14.2. The summed E-state index contributed by atoms with van der Waals surface area (Å²) in [6.07, 6.45) is 3.32. The number of hydrogen-bond acceptors (Lipinski definition) is 3. The maximum absolute atomic E-state index is 12.4. The summed E-state index contributed by atoms with van der Waals surface area (Å²) in [6.45, 7) is 6.19. The molecule has 0 unspecified atom stereocenters. The number of hydrogen-bond donors (Lipinski definition) is 2. The monoisotopic (exact) mass is 326 g/mol. The first-order valence-corrected chi connectivity index (χ1v) is 8.05.